The molecule has 7 heteroatoms. The molecule has 0 aliphatic carbocycles. The largest absolute Gasteiger partial charge is 0.497 e. The van der Waals surface area contributed by atoms with Crippen LogP contribution in [0.3, 0.4) is 0 Å². The van der Waals surface area contributed by atoms with Crippen LogP contribution in [0.1, 0.15) is 15.9 Å². The van der Waals surface area contributed by atoms with E-state index in [1.54, 1.807) is 73.7 Å². The minimum absolute atomic E-state index is 0.147. The van der Waals surface area contributed by atoms with Crippen LogP contribution < -0.4 is 9.04 Å². The third kappa shape index (κ3) is 4.63. The molecule has 0 heterocycles. The van der Waals surface area contributed by atoms with Crippen molar-refractivity contribution in [1.29, 1.82) is 0 Å². The molecular weight excluding hydrogens is 400 g/mol. The maximum atomic E-state index is 12.8. The number of sulfonamides is 1. The summed E-state index contributed by atoms with van der Waals surface area (Å²) in [6, 6.07) is 22.3. The van der Waals surface area contributed by atoms with Gasteiger partial charge in [-0.15, -0.1) is 0 Å². The van der Waals surface area contributed by atoms with Crippen molar-refractivity contribution in [3.63, 3.8) is 0 Å². The van der Waals surface area contributed by atoms with Crippen LogP contribution in [0.4, 0.5) is 5.69 Å². The number of hydrogen-bond donors (Lipinski definition) is 0. The van der Waals surface area contributed by atoms with Crippen molar-refractivity contribution in [3.8, 4) is 5.75 Å². The molecule has 0 bridgehead atoms. The summed E-state index contributed by atoms with van der Waals surface area (Å²) in [5, 5.41) is 0. The second-order valence-corrected chi connectivity index (χ2v) is 8.81. The lowest BCUT2D eigenvalue weighted by atomic mass is 10.1. The van der Waals surface area contributed by atoms with Crippen LogP contribution in [0, 0.1) is 0 Å². The summed E-state index contributed by atoms with van der Waals surface area (Å²) in [7, 11) is 1.17. The summed E-state index contributed by atoms with van der Waals surface area (Å²) in [5.41, 5.74) is 1.95. The molecule has 30 heavy (non-hydrogen) atoms. The van der Waals surface area contributed by atoms with Gasteiger partial charge < -0.3 is 9.64 Å². The first kappa shape index (κ1) is 21.4. The van der Waals surface area contributed by atoms with Gasteiger partial charge in [0.05, 0.1) is 17.7 Å². The lowest BCUT2D eigenvalue weighted by Gasteiger charge is -2.21. The summed E-state index contributed by atoms with van der Waals surface area (Å²) in [6.07, 6.45) is 0. The number of methoxy groups -OCH3 is 1. The molecule has 3 aromatic carbocycles. The molecule has 0 atom stereocenters. The minimum atomic E-state index is -3.66. The van der Waals surface area contributed by atoms with Gasteiger partial charge in [-0.3, -0.25) is 9.10 Å². The molecule has 0 spiro atoms. The van der Waals surface area contributed by atoms with Gasteiger partial charge in [0.15, 0.2) is 0 Å². The standard InChI is InChI=1S/C23H24N2O4S/c1-24(17-18-9-15-21(29-3)16-10-18)23(26)19-11-13-20(14-12-19)25(2)30(27,28)22-7-5-4-6-8-22/h4-16H,17H2,1-3H3. The van der Waals surface area contributed by atoms with Gasteiger partial charge in [-0.05, 0) is 54.1 Å². The van der Waals surface area contributed by atoms with E-state index < -0.39 is 10.0 Å². The second-order valence-electron chi connectivity index (χ2n) is 6.84. The molecule has 0 N–H and O–H groups in total. The van der Waals surface area contributed by atoms with Gasteiger partial charge >= 0.3 is 0 Å². The van der Waals surface area contributed by atoms with Gasteiger partial charge in [0.1, 0.15) is 5.75 Å². The van der Waals surface area contributed by atoms with Crippen LogP contribution in [-0.4, -0.2) is 40.4 Å². The predicted octanol–water partition coefficient (Wildman–Crippen LogP) is 3.79. The summed E-state index contributed by atoms with van der Waals surface area (Å²) < 4.78 is 31.9. The fourth-order valence-corrected chi connectivity index (χ4v) is 4.22. The smallest absolute Gasteiger partial charge is 0.264 e. The zero-order valence-corrected chi connectivity index (χ0v) is 18.0. The highest BCUT2D eigenvalue weighted by molar-refractivity contribution is 7.92. The van der Waals surface area contributed by atoms with Gasteiger partial charge in [-0.25, -0.2) is 8.42 Å². The Morgan fingerprint density at radius 1 is 0.867 bits per heavy atom. The van der Waals surface area contributed by atoms with Crippen LogP contribution in [0.25, 0.3) is 0 Å². The first-order valence-electron chi connectivity index (χ1n) is 9.35. The van der Waals surface area contributed by atoms with Crippen molar-refractivity contribution in [2.45, 2.75) is 11.4 Å². The minimum Gasteiger partial charge on any atom is -0.497 e. The van der Waals surface area contributed by atoms with E-state index in [0.29, 0.717) is 17.8 Å². The Morgan fingerprint density at radius 3 is 2.03 bits per heavy atom. The SMILES string of the molecule is COc1ccc(CN(C)C(=O)c2ccc(N(C)S(=O)(=O)c3ccccc3)cc2)cc1. The Labute approximate surface area is 177 Å². The van der Waals surface area contributed by atoms with Crippen LogP contribution in [0.2, 0.25) is 0 Å². The molecule has 0 saturated carbocycles. The van der Waals surface area contributed by atoms with Gasteiger partial charge in [0.25, 0.3) is 15.9 Å². The van der Waals surface area contributed by atoms with E-state index >= 15 is 0 Å². The van der Waals surface area contributed by atoms with Crippen molar-refractivity contribution >= 4 is 21.6 Å². The summed E-state index contributed by atoms with van der Waals surface area (Å²) in [5.74, 6) is 0.615. The van der Waals surface area contributed by atoms with Gasteiger partial charge in [0.2, 0.25) is 0 Å². The van der Waals surface area contributed by atoms with Gasteiger partial charge in [-0.2, -0.15) is 0 Å². The Morgan fingerprint density at radius 2 is 1.47 bits per heavy atom. The van der Waals surface area contributed by atoms with E-state index in [9.17, 15) is 13.2 Å². The highest BCUT2D eigenvalue weighted by Crippen LogP contribution is 2.23. The number of benzene rings is 3. The molecule has 0 aliphatic rings. The Balaban J connectivity index is 1.71. The second kappa shape index (κ2) is 9.00. The highest BCUT2D eigenvalue weighted by Gasteiger charge is 2.21. The monoisotopic (exact) mass is 424 g/mol. The van der Waals surface area contributed by atoms with Gasteiger partial charge in [-0.1, -0.05) is 30.3 Å². The zero-order chi connectivity index (χ0) is 21.7. The normalized spacial score (nSPS) is 11.0. The molecule has 3 rings (SSSR count). The van der Waals surface area contributed by atoms with E-state index in [1.165, 1.54) is 11.4 Å². The predicted molar refractivity (Wildman–Crippen MR) is 117 cm³/mol. The molecule has 1 amide bonds. The Hall–Kier alpha value is -3.32. The Bertz CT molecular complexity index is 1100. The fraction of sp³-hybridized carbons (Fsp3) is 0.174. The average molecular weight is 425 g/mol. The lowest BCUT2D eigenvalue weighted by molar-refractivity contribution is 0.0785. The van der Waals surface area contributed by atoms with Crippen molar-refractivity contribution in [1.82, 2.24) is 4.90 Å². The van der Waals surface area contributed by atoms with Crippen molar-refractivity contribution in [3.05, 3.63) is 90.0 Å². The molecule has 0 aliphatic heterocycles. The first-order chi connectivity index (χ1) is 14.3. The topological polar surface area (TPSA) is 66.9 Å². The molecule has 156 valence electrons. The maximum absolute atomic E-state index is 12.8. The molecule has 0 saturated heterocycles. The number of anilines is 1. The third-order valence-electron chi connectivity index (χ3n) is 4.80. The summed E-state index contributed by atoms with van der Waals surface area (Å²) >= 11 is 0. The lowest BCUT2D eigenvalue weighted by Crippen LogP contribution is -2.27. The van der Waals surface area contributed by atoms with Crippen LogP contribution in [-0.2, 0) is 16.6 Å². The Kier molecular flexibility index (Phi) is 6.42. The van der Waals surface area contributed by atoms with E-state index in [2.05, 4.69) is 0 Å². The van der Waals surface area contributed by atoms with Gasteiger partial charge in [0, 0.05) is 26.2 Å². The molecular formula is C23H24N2O4S. The zero-order valence-electron chi connectivity index (χ0n) is 17.1. The number of carbonyl (C=O) groups is 1. The highest BCUT2D eigenvalue weighted by atomic mass is 32.2. The third-order valence-corrected chi connectivity index (χ3v) is 6.60. The number of hydrogen-bond acceptors (Lipinski definition) is 4. The maximum Gasteiger partial charge on any atom is 0.264 e. The van der Waals surface area contributed by atoms with E-state index in [4.69, 9.17) is 4.74 Å². The van der Waals surface area contributed by atoms with Crippen molar-refractivity contribution < 1.29 is 17.9 Å². The number of rotatable bonds is 7. The average Bonchev–Trinajstić information content (AvgIpc) is 2.79. The van der Waals surface area contributed by atoms with E-state index in [0.717, 1.165) is 11.3 Å². The van der Waals surface area contributed by atoms with Crippen molar-refractivity contribution in [2.24, 2.45) is 0 Å². The van der Waals surface area contributed by atoms with Crippen molar-refractivity contribution in [2.75, 3.05) is 25.5 Å². The number of ether oxygens (including phenoxy) is 1. The number of nitrogens with zero attached hydrogens (tertiary/aromatic N) is 2. The number of carbonyl (C=O) groups excluding carboxylic acids is 1. The summed E-state index contributed by atoms with van der Waals surface area (Å²) in [4.78, 5) is 14.6. The molecule has 0 aromatic heterocycles. The molecule has 0 fully saturated rings. The van der Waals surface area contributed by atoms with E-state index in [-0.39, 0.29) is 10.8 Å². The molecule has 6 nitrogen and oxygen atoms in total. The van der Waals surface area contributed by atoms with Crippen LogP contribution in [0.5, 0.6) is 5.75 Å². The number of amides is 1. The molecule has 3 aromatic rings. The quantitative estimate of drug-likeness (QED) is 0.579. The van der Waals surface area contributed by atoms with Crippen LogP contribution in [0.15, 0.2) is 83.8 Å². The molecule has 0 radical (unpaired) electrons. The summed E-state index contributed by atoms with van der Waals surface area (Å²) in [6.45, 7) is 0.451. The first-order valence-corrected chi connectivity index (χ1v) is 10.8. The van der Waals surface area contributed by atoms with E-state index in [1.807, 2.05) is 24.3 Å². The molecule has 0 unspecified atom stereocenters. The van der Waals surface area contributed by atoms with Crippen LogP contribution >= 0.6 is 0 Å². The fourth-order valence-electron chi connectivity index (χ4n) is 3.00.